The third-order valence-corrected chi connectivity index (χ3v) is 3.90. The zero-order valence-electron chi connectivity index (χ0n) is 14.1. The second-order valence-electron chi connectivity index (χ2n) is 5.71. The van der Waals surface area contributed by atoms with Crippen LogP contribution < -0.4 is 19.7 Å². The number of methoxy groups -OCH3 is 1. The van der Waals surface area contributed by atoms with Crippen LogP contribution in [-0.2, 0) is 9.59 Å². The number of hydrogen-bond acceptors (Lipinski definition) is 5. The minimum atomic E-state index is -4.78. The number of amides is 2. The van der Waals surface area contributed by atoms with Crippen molar-refractivity contribution in [3.63, 3.8) is 0 Å². The van der Waals surface area contributed by atoms with E-state index in [-0.39, 0.29) is 12.2 Å². The molecular weight excluding hydrogens is 365 g/mol. The van der Waals surface area contributed by atoms with Crippen molar-refractivity contribution < 1.29 is 32.2 Å². The Morgan fingerprint density at radius 3 is 2.37 bits per heavy atom. The summed E-state index contributed by atoms with van der Waals surface area (Å²) >= 11 is 0. The second-order valence-corrected chi connectivity index (χ2v) is 5.71. The molecule has 0 bridgehead atoms. The number of anilines is 2. The Balaban J connectivity index is 1.74. The minimum Gasteiger partial charge on any atom is -0.495 e. The van der Waals surface area contributed by atoms with Crippen molar-refractivity contribution in [2.75, 3.05) is 17.3 Å². The van der Waals surface area contributed by atoms with Crippen molar-refractivity contribution in [1.29, 1.82) is 0 Å². The third kappa shape index (κ3) is 4.13. The van der Waals surface area contributed by atoms with Gasteiger partial charge in [0, 0.05) is 5.69 Å². The average Bonchev–Trinajstić information content (AvgIpc) is 2.89. The highest BCUT2D eigenvalue weighted by molar-refractivity contribution is 6.23. The number of para-hydroxylation sites is 2. The first kappa shape index (κ1) is 18.6. The number of hydrogen-bond donors (Lipinski definition) is 1. The fourth-order valence-corrected chi connectivity index (χ4v) is 2.77. The van der Waals surface area contributed by atoms with Crippen LogP contribution in [0.25, 0.3) is 0 Å². The smallest absolute Gasteiger partial charge is 0.495 e. The summed E-state index contributed by atoms with van der Waals surface area (Å²) in [5, 5.41) is 2.86. The molecule has 0 aliphatic carbocycles. The topological polar surface area (TPSA) is 67.9 Å². The van der Waals surface area contributed by atoms with E-state index in [1.165, 1.54) is 19.2 Å². The molecule has 142 valence electrons. The van der Waals surface area contributed by atoms with Gasteiger partial charge in [0.15, 0.2) is 0 Å². The Hall–Kier alpha value is -3.23. The fourth-order valence-electron chi connectivity index (χ4n) is 2.77. The zero-order valence-corrected chi connectivity index (χ0v) is 14.1. The molecule has 1 saturated heterocycles. The Bertz CT molecular complexity index is 852. The van der Waals surface area contributed by atoms with Crippen LogP contribution in [-0.4, -0.2) is 31.3 Å². The van der Waals surface area contributed by atoms with Gasteiger partial charge in [-0.15, -0.1) is 13.2 Å². The van der Waals surface area contributed by atoms with E-state index in [0.29, 0.717) is 17.1 Å². The van der Waals surface area contributed by atoms with E-state index < -0.39 is 24.2 Å². The lowest BCUT2D eigenvalue weighted by molar-refractivity contribution is -0.274. The van der Waals surface area contributed by atoms with Crippen LogP contribution in [0.4, 0.5) is 24.5 Å². The number of benzene rings is 2. The van der Waals surface area contributed by atoms with E-state index in [1.807, 2.05) is 0 Å². The van der Waals surface area contributed by atoms with Crippen LogP contribution in [0.1, 0.15) is 6.42 Å². The van der Waals surface area contributed by atoms with E-state index in [2.05, 4.69) is 10.1 Å². The van der Waals surface area contributed by atoms with Gasteiger partial charge < -0.3 is 14.8 Å². The number of ether oxygens (including phenoxy) is 2. The Labute approximate surface area is 152 Å². The van der Waals surface area contributed by atoms with Gasteiger partial charge in [-0.05, 0) is 36.4 Å². The SMILES string of the molecule is COc1ccccc1N1C(=O)C[C@H](Nc2ccc(OC(F)(F)F)cc2)C1=O. The molecule has 6 nitrogen and oxygen atoms in total. The quantitative estimate of drug-likeness (QED) is 0.806. The van der Waals surface area contributed by atoms with Crippen LogP contribution in [0, 0.1) is 0 Å². The molecule has 2 aromatic rings. The molecule has 1 aliphatic rings. The van der Waals surface area contributed by atoms with Gasteiger partial charge in [-0.1, -0.05) is 12.1 Å². The monoisotopic (exact) mass is 380 g/mol. The van der Waals surface area contributed by atoms with E-state index in [4.69, 9.17) is 4.74 Å². The number of nitrogens with one attached hydrogen (secondary N) is 1. The third-order valence-electron chi connectivity index (χ3n) is 3.90. The first-order valence-corrected chi connectivity index (χ1v) is 7.90. The van der Waals surface area contributed by atoms with Crippen molar-refractivity contribution in [3.8, 4) is 11.5 Å². The number of rotatable bonds is 5. The molecule has 0 saturated carbocycles. The Morgan fingerprint density at radius 2 is 1.74 bits per heavy atom. The van der Waals surface area contributed by atoms with Crippen LogP contribution >= 0.6 is 0 Å². The molecule has 1 aliphatic heterocycles. The lowest BCUT2D eigenvalue weighted by atomic mass is 10.2. The first-order chi connectivity index (χ1) is 12.8. The van der Waals surface area contributed by atoms with Crippen LogP contribution in [0.2, 0.25) is 0 Å². The van der Waals surface area contributed by atoms with Gasteiger partial charge in [0.1, 0.15) is 17.5 Å². The van der Waals surface area contributed by atoms with Gasteiger partial charge in [-0.25, -0.2) is 4.90 Å². The molecule has 1 fully saturated rings. The normalized spacial score (nSPS) is 17.2. The molecule has 0 unspecified atom stereocenters. The molecule has 0 spiro atoms. The predicted octanol–water partition coefficient (Wildman–Crippen LogP) is 3.34. The molecule has 1 N–H and O–H groups in total. The zero-order chi connectivity index (χ0) is 19.6. The maximum atomic E-state index is 12.7. The van der Waals surface area contributed by atoms with E-state index in [1.54, 1.807) is 24.3 Å². The van der Waals surface area contributed by atoms with Gasteiger partial charge >= 0.3 is 6.36 Å². The molecule has 2 amide bonds. The van der Waals surface area contributed by atoms with Crippen LogP contribution in [0.5, 0.6) is 11.5 Å². The minimum absolute atomic E-state index is 0.0856. The van der Waals surface area contributed by atoms with Crippen molar-refractivity contribution in [2.24, 2.45) is 0 Å². The number of carbonyl (C=O) groups excluding carboxylic acids is 2. The number of imide groups is 1. The van der Waals surface area contributed by atoms with Crippen molar-refractivity contribution in [2.45, 2.75) is 18.8 Å². The lowest BCUT2D eigenvalue weighted by Gasteiger charge is -2.18. The summed E-state index contributed by atoms with van der Waals surface area (Å²) in [4.78, 5) is 26.0. The number of halogens is 3. The van der Waals surface area contributed by atoms with Crippen LogP contribution in [0.3, 0.4) is 0 Å². The first-order valence-electron chi connectivity index (χ1n) is 7.90. The van der Waals surface area contributed by atoms with Gasteiger partial charge in [-0.2, -0.15) is 0 Å². The number of carbonyl (C=O) groups is 2. The van der Waals surface area contributed by atoms with Crippen LogP contribution in [0.15, 0.2) is 48.5 Å². The summed E-state index contributed by atoms with van der Waals surface area (Å²) < 4.78 is 45.6. The molecule has 27 heavy (non-hydrogen) atoms. The van der Waals surface area contributed by atoms with Gasteiger partial charge in [0.2, 0.25) is 5.91 Å². The van der Waals surface area contributed by atoms with E-state index in [9.17, 15) is 22.8 Å². The van der Waals surface area contributed by atoms with Crippen molar-refractivity contribution in [3.05, 3.63) is 48.5 Å². The summed E-state index contributed by atoms with van der Waals surface area (Å²) in [5.41, 5.74) is 0.728. The van der Waals surface area contributed by atoms with Gasteiger partial charge in [0.25, 0.3) is 5.91 Å². The number of alkyl halides is 3. The van der Waals surface area contributed by atoms with E-state index >= 15 is 0 Å². The predicted molar refractivity (Wildman–Crippen MR) is 90.6 cm³/mol. The standard InChI is InChI=1S/C18H15F3N2O4/c1-26-15-5-3-2-4-14(15)23-16(24)10-13(17(23)25)22-11-6-8-12(9-7-11)27-18(19,20)21/h2-9,13,22H,10H2,1H3/t13-/m0/s1. The van der Waals surface area contributed by atoms with Crippen molar-refractivity contribution in [1.82, 2.24) is 0 Å². The Morgan fingerprint density at radius 1 is 1.07 bits per heavy atom. The molecular formula is C18H15F3N2O4. The summed E-state index contributed by atoms with van der Waals surface area (Å²) in [6.07, 6.45) is -4.87. The molecule has 2 aromatic carbocycles. The molecule has 0 aromatic heterocycles. The molecule has 1 atom stereocenters. The Kier molecular flexibility index (Phi) is 4.93. The summed E-state index contributed by atoms with van der Waals surface area (Å²) in [7, 11) is 1.43. The highest BCUT2D eigenvalue weighted by Crippen LogP contribution is 2.33. The second kappa shape index (κ2) is 7.18. The molecule has 9 heteroatoms. The number of nitrogens with zero attached hydrogens (tertiary/aromatic N) is 1. The van der Waals surface area contributed by atoms with Crippen molar-refractivity contribution >= 4 is 23.2 Å². The molecule has 3 rings (SSSR count). The largest absolute Gasteiger partial charge is 0.573 e. The van der Waals surface area contributed by atoms with Gasteiger partial charge in [-0.3, -0.25) is 9.59 Å². The molecule has 1 heterocycles. The summed E-state index contributed by atoms with van der Waals surface area (Å²) in [5.74, 6) is -0.870. The summed E-state index contributed by atoms with van der Waals surface area (Å²) in [6.45, 7) is 0. The van der Waals surface area contributed by atoms with E-state index in [0.717, 1.165) is 17.0 Å². The highest BCUT2D eigenvalue weighted by Gasteiger charge is 2.40. The summed E-state index contributed by atoms with van der Waals surface area (Å²) in [6, 6.07) is 10.7. The fraction of sp³-hybridized carbons (Fsp3) is 0.222. The average molecular weight is 380 g/mol. The molecule has 0 radical (unpaired) electrons. The lowest BCUT2D eigenvalue weighted by Crippen LogP contribution is -2.35. The highest BCUT2D eigenvalue weighted by atomic mass is 19.4. The maximum Gasteiger partial charge on any atom is 0.573 e. The maximum absolute atomic E-state index is 12.7. The van der Waals surface area contributed by atoms with Gasteiger partial charge in [0.05, 0.1) is 19.2 Å².